The van der Waals surface area contributed by atoms with Gasteiger partial charge in [0.25, 0.3) is 0 Å². The molecular formula is C9H18N2O2. The minimum Gasteiger partial charge on any atom is -0.381 e. The van der Waals surface area contributed by atoms with Crippen molar-refractivity contribution in [2.24, 2.45) is 11.7 Å². The van der Waals surface area contributed by atoms with Gasteiger partial charge >= 0.3 is 0 Å². The molecule has 4 heteroatoms. The number of carbonyl (C=O) groups is 1. The fourth-order valence-electron chi connectivity index (χ4n) is 1.63. The molecule has 0 bridgehead atoms. The van der Waals surface area contributed by atoms with Crippen molar-refractivity contribution in [2.75, 3.05) is 20.3 Å². The molecule has 0 saturated carbocycles. The fourth-order valence-corrected chi connectivity index (χ4v) is 1.63. The van der Waals surface area contributed by atoms with Crippen molar-refractivity contribution >= 4 is 5.91 Å². The van der Waals surface area contributed by atoms with Gasteiger partial charge in [0.2, 0.25) is 5.91 Å². The summed E-state index contributed by atoms with van der Waals surface area (Å²) in [5.74, 6) is 0.493. The predicted molar refractivity (Wildman–Crippen MR) is 50.2 cm³/mol. The average Bonchev–Trinajstić information content (AvgIpc) is 2.18. The van der Waals surface area contributed by atoms with Crippen molar-refractivity contribution in [1.82, 2.24) is 5.32 Å². The van der Waals surface area contributed by atoms with Gasteiger partial charge in [-0.3, -0.25) is 4.79 Å². The van der Waals surface area contributed by atoms with E-state index in [-0.39, 0.29) is 11.9 Å². The minimum absolute atomic E-state index is 0.0634. The van der Waals surface area contributed by atoms with Crippen LogP contribution in [0.4, 0.5) is 0 Å². The SMILES string of the molecule is CNC(=O)[C@@H](N)CC1CCOCC1. The van der Waals surface area contributed by atoms with Crippen LogP contribution in [0.3, 0.4) is 0 Å². The molecule has 0 aromatic rings. The zero-order valence-corrected chi connectivity index (χ0v) is 8.08. The van der Waals surface area contributed by atoms with Gasteiger partial charge in [-0.05, 0) is 25.2 Å². The summed E-state index contributed by atoms with van der Waals surface area (Å²) < 4.78 is 5.23. The Morgan fingerprint density at radius 2 is 2.23 bits per heavy atom. The number of likely N-dealkylation sites (N-methyl/N-ethyl adjacent to an activating group) is 1. The molecule has 4 nitrogen and oxygen atoms in total. The van der Waals surface area contributed by atoms with Crippen LogP contribution in [0.15, 0.2) is 0 Å². The molecule has 0 radical (unpaired) electrons. The first-order chi connectivity index (χ1) is 6.24. The van der Waals surface area contributed by atoms with Crippen LogP contribution in [0.5, 0.6) is 0 Å². The number of hydrogen-bond acceptors (Lipinski definition) is 3. The Morgan fingerprint density at radius 3 is 2.77 bits per heavy atom. The largest absolute Gasteiger partial charge is 0.381 e. The lowest BCUT2D eigenvalue weighted by Gasteiger charge is -2.23. The zero-order chi connectivity index (χ0) is 9.68. The second kappa shape index (κ2) is 5.19. The van der Waals surface area contributed by atoms with E-state index in [2.05, 4.69) is 5.32 Å². The van der Waals surface area contributed by atoms with Gasteiger partial charge in [-0.2, -0.15) is 0 Å². The molecule has 1 amide bonds. The van der Waals surface area contributed by atoms with Crippen LogP contribution in [0.25, 0.3) is 0 Å². The molecule has 1 aliphatic heterocycles. The number of nitrogens with one attached hydrogen (secondary N) is 1. The van der Waals surface area contributed by atoms with Crippen molar-refractivity contribution in [3.63, 3.8) is 0 Å². The lowest BCUT2D eigenvalue weighted by atomic mass is 9.92. The molecule has 1 atom stereocenters. The van der Waals surface area contributed by atoms with Crippen molar-refractivity contribution in [2.45, 2.75) is 25.3 Å². The van der Waals surface area contributed by atoms with Crippen LogP contribution in [0.2, 0.25) is 0 Å². The van der Waals surface area contributed by atoms with Gasteiger partial charge in [0.15, 0.2) is 0 Å². The Bertz CT molecular complexity index is 167. The average molecular weight is 186 g/mol. The summed E-state index contributed by atoms with van der Waals surface area (Å²) in [6.45, 7) is 1.62. The molecule has 0 unspecified atom stereocenters. The first-order valence-electron chi connectivity index (χ1n) is 4.79. The Labute approximate surface area is 78.8 Å². The van der Waals surface area contributed by atoms with Crippen LogP contribution in [-0.2, 0) is 9.53 Å². The van der Waals surface area contributed by atoms with E-state index in [1.807, 2.05) is 0 Å². The van der Waals surface area contributed by atoms with Gasteiger partial charge in [0, 0.05) is 20.3 Å². The molecule has 13 heavy (non-hydrogen) atoms. The van der Waals surface area contributed by atoms with E-state index in [0.29, 0.717) is 5.92 Å². The molecule has 0 spiro atoms. The number of nitrogens with two attached hydrogens (primary N) is 1. The standard InChI is InChI=1S/C9H18N2O2/c1-11-9(12)8(10)6-7-2-4-13-5-3-7/h7-8H,2-6,10H2,1H3,(H,11,12)/t8-/m0/s1. The summed E-state index contributed by atoms with van der Waals surface area (Å²) in [7, 11) is 1.62. The maximum Gasteiger partial charge on any atom is 0.236 e. The lowest BCUT2D eigenvalue weighted by Crippen LogP contribution is -2.40. The number of rotatable bonds is 3. The molecule has 1 saturated heterocycles. The molecule has 0 aromatic heterocycles. The third kappa shape index (κ3) is 3.32. The van der Waals surface area contributed by atoms with Crippen LogP contribution < -0.4 is 11.1 Å². The van der Waals surface area contributed by atoms with Crippen LogP contribution >= 0.6 is 0 Å². The Kier molecular flexibility index (Phi) is 4.18. The summed E-state index contributed by atoms with van der Waals surface area (Å²) in [5, 5.41) is 2.56. The third-order valence-corrected chi connectivity index (χ3v) is 2.51. The van der Waals surface area contributed by atoms with Crippen LogP contribution in [0.1, 0.15) is 19.3 Å². The number of hydrogen-bond donors (Lipinski definition) is 2. The Hall–Kier alpha value is -0.610. The monoisotopic (exact) mass is 186 g/mol. The van der Waals surface area contributed by atoms with Gasteiger partial charge in [0.05, 0.1) is 6.04 Å². The summed E-state index contributed by atoms with van der Waals surface area (Å²) in [6.07, 6.45) is 2.85. The van der Waals surface area contributed by atoms with Crippen molar-refractivity contribution in [3.05, 3.63) is 0 Å². The molecule has 1 rings (SSSR count). The maximum atomic E-state index is 11.1. The topological polar surface area (TPSA) is 64.4 Å². The Balaban J connectivity index is 2.25. The van der Waals surface area contributed by atoms with Gasteiger partial charge in [-0.25, -0.2) is 0 Å². The van der Waals surface area contributed by atoms with Crippen molar-refractivity contribution in [3.8, 4) is 0 Å². The second-order valence-electron chi connectivity index (χ2n) is 3.51. The van der Waals surface area contributed by atoms with Gasteiger partial charge in [0.1, 0.15) is 0 Å². The van der Waals surface area contributed by atoms with Crippen LogP contribution in [0, 0.1) is 5.92 Å². The summed E-state index contributed by atoms with van der Waals surface area (Å²) in [6, 6.07) is -0.354. The summed E-state index contributed by atoms with van der Waals surface area (Å²) in [5.41, 5.74) is 5.71. The maximum absolute atomic E-state index is 11.1. The normalized spacial score (nSPS) is 21.1. The number of ether oxygens (including phenoxy) is 1. The fraction of sp³-hybridized carbons (Fsp3) is 0.889. The molecule has 0 aliphatic carbocycles. The molecular weight excluding hydrogens is 168 g/mol. The zero-order valence-electron chi connectivity index (χ0n) is 8.08. The lowest BCUT2D eigenvalue weighted by molar-refractivity contribution is -0.122. The molecule has 1 heterocycles. The first kappa shape index (κ1) is 10.5. The number of carbonyl (C=O) groups excluding carboxylic acids is 1. The minimum atomic E-state index is -0.354. The molecule has 3 N–H and O–H groups in total. The molecule has 1 fully saturated rings. The Morgan fingerprint density at radius 1 is 1.62 bits per heavy atom. The second-order valence-corrected chi connectivity index (χ2v) is 3.51. The van der Waals surface area contributed by atoms with E-state index >= 15 is 0 Å². The van der Waals surface area contributed by atoms with E-state index in [4.69, 9.17) is 10.5 Å². The summed E-state index contributed by atoms with van der Waals surface area (Å²) >= 11 is 0. The van der Waals surface area contributed by atoms with Gasteiger partial charge in [-0.15, -0.1) is 0 Å². The quantitative estimate of drug-likeness (QED) is 0.645. The third-order valence-electron chi connectivity index (χ3n) is 2.51. The number of amides is 1. The van der Waals surface area contributed by atoms with Crippen molar-refractivity contribution < 1.29 is 9.53 Å². The smallest absolute Gasteiger partial charge is 0.236 e. The summed E-state index contributed by atoms with van der Waals surface area (Å²) in [4.78, 5) is 11.1. The van der Waals surface area contributed by atoms with E-state index in [0.717, 1.165) is 32.5 Å². The highest BCUT2D eigenvalue weighted by Gasteiger charge is 2.20. The van der Waals surface area contributed by atoms with Crippen LogP contribution in [-0.4, -0.2) is 32.2 Å². The van der Waals surface area contributed by atoms with Gasteiger partial charge in [-0.1, -0.05) is 0 Å². The first-order valence-corrected chi connectivity index (χ1v) is 4.79. The van der Waals surface area contributed by atoms with E-state index in [1.165, 1.54) is 0 Å². The molecule has 1 aliphatic rings. The van der Waals surface area contributed by atoms with E-state index < -0.39 is 0 Å². The van der Waals surface area contributed by atoms with E-state index in [9.17, 15) is 4.79 Å². The molecule has 76 valence electrons. The highest BCUT2D eigenvalue weighted by Crippen LogP contribution is 2.19. The highest BCUT2D eigenvalue weighted by molar-refractivity contribution is 5.81. The highest BCUT2D eigenvalue weighted by atomic mass is 16.5. The van der Waals surface area contributed by atoms with E-state index in [1.54, 1.807) is 7.05 Å². The van der Waals surface area contributed by atoms with Crippen molar-refractivity contribution in [1.29, 1.82) is 0 Å². The predicted octanol–water partition coefficient (Wildman–Crippen LogP) is -0.124. The van der Waals surface area contributed by atoms with Gasteiger partial charge < -0.3 is 15.8 Å². The molecule has 0 aromatic carbocycles.